The molecule has 0 aliphatic heterocycles. The lowest BCUT2D eigenvalue weighted by Crippen LogP contribution is -2.19. The van der Waals surface area contributed by atoms with Crippen molar-refractivity contribution in [1.29, 1.82) is 0 Å². The molecule has 0 bridgehead atoms. The first-order chi connectivity index (χ1) is 16.2. The zero-order valence-electron chi connectivity index (χ0n) is 17.5. The first-order valence-electron chi connectivity index (χ1n) is 10.7. The zero-order valence-corrected chi connectivity index (χ0v) is 18.3. The molecule has 5 heteroatoms. The van der Waals surface area contributed by atoms with Gasteiger partial charge in [0.1, 0.15) is 5.69 Å². The Kier molecular flexibility index (Phi) is 4.60. The summed E-state index contributed by atoms with van der Waals surface area (Å²) in [6.07, 6.45) is 0. The summed E-state index contributed by atoms with van der Waals surface area (Å²) in [5.41, 5.74) is 4.63. The van der Waals surface area contributed by atoms with E-state index in [1.165, 1.54) is 0 Å². The minimum Gasteiger partial charge on any atom is -0.276 e. The Labute approximate surface area is 194 Å². The van der Waals surface area contributed by atoms with Crippen molar-refractivity contribution < 1.29 is 0 Å². The molecule has 158 valence electrons. The number of hydrogen-bond acceptors (Lipinski definition) is 2. The van der Waals surface area contributed by atoms with Gasteiger partial charge in [-0.1, -0.05) is 84.4 Å². The molecule has 0 aliphatic carbocycles. The van der Waals surface area contributed by atoms with Crippen LogP contribution < -0.4 is 5.56 Å². The molecular formula is C28H18ClN3O. The van der Waals surface area contributed by atoms with Crippen molar-refractivity contribution in [2.75, 3.05) is 0 Å². The van der Waals surface area contributed by atoms with E-state index in [-0.39, 0.29) is 5.56 Å². The van der Waals surface area contributed by atoms with E-state index in [9.17, 15) is 4.79 Å². The summed E-state index contributed by atoms with van der Waals surface area (Å²) < 4.78 is 3.61. The fourth-order valence-corrected chi connectivity index (χ4v) is 4.57. The third kappa shape index (κ3) is 3.15. The number of rotatable bonds is 3. The van der Waals surface area contributed by atoms with Gasteiger partial charge in [0.15, 0.2) is 0 Å². The monoisotopic (exact) mass is 447 g/mol. The Balaban J connectivity index is 1.85. The van der Waals surface area contributed by atoms with Crippen LogP contribution in [0.2, 0.25) is 5.02 Å². The van der Waals surface area contributed by atoms with Gasteiger partial charge in [-0.25, -0.2) is 4.68 Å². The van der Waals surface area contributed by atoms with Crippen LogP contribution in [-0.4, -0.2) is 14.3 Å². The van der Waals surface area contributed by atoms with E-state index < -0.39 is 0 Å². The van der Waals surface area contributed by atoms with Crippen LogP contribution in [-0.2, 0) is 0 Å². The Morgan fingerprint density at radius 2 is 1.36 bits per heavy atom. The summed E-state index contributed by atoms with van der Waals surface area (Å²) in [7, 11) is 0. The number of para-hydroxylation sites is 2. The average Bonchev–Trinajstić information content (AvgIpc) is 3.27. The molecule has 0 N–H and O–H groups in total. The number of benzene rings is 4. The van der Waals surface area contributed by atoms with Crippen molar-refractivity contribution in [3.05, 3.63) is 125 Å². The van der Waals surface area contributed by atoms with Gasteiger partial charge in [0.05, 0.1) is 22.1 Å². The predicted octanol–water partition coefficient (Wildman–Crippen LogP) is 6.65. The minimum atomic E-state index is -0.109. The Bertz CT molecular complexity index is 1690. The largest absolute Gasteiger partial charge is 0.276 e. The van der Waals surface area contributed by atoms with Crippen LogP contribution in [0.3, 0.4) is 0 Å². The fourth-order valence-electron chi connectivity index (χ4n) is 4.39. The maximum absolute atomic E-state index is 14.1. The van der Waals surface area contributed by atoms with Gasteiger partial charge < -0.3 is 0 Å². The van der Waals surface area contributed by atoms with Gasteiger partial charge in [0.2, 0.25) is 0 Å². The molecular weight excluding hydrogens is 430 g/mol. The van der Waals surface area contributed by atoms with Gasteiger partial charge in [0, 0.05) is 21.7 Å². The summed E-state index contributed by atoms with van der Waals surface area (Å²) in [5.74, 6) is 0. The van der Waals surface area contributed by atoms with Gasteiger partial charge in [0.25, 0.3) is 5.56 Å². The second-order valence-corrected chi connectivity index (χ2v) is 8.26. The molecule has 0 spiro atoms. The van der Waals surface area contributed by atoms with Crippen molar-refractivity contribution in [2.45, 2.75) is 0 Å². The van der Waals surface area contributed by atoms with E-state index in [0.717, 1.165) is 33.4 Å². The highest BCUT2D eigenvalue weighted by molar-refractivity contribution is 6.30. The van der Waals surface area contributed by atoms with Crippen molar-refractivity contribution in [3.63, 3.8) is 0 Å². The van der Waals surface area contributed by atoms with Gasteiger partial charge in [-0.05, 0) is 36.4 Å². The second kappa shape index (κ2) is 7.76. The number of aromatic nitrogens is 3. The van der Waals surface area contributed by atoms with Crippen molar-refractivity contribution in [1.82, 2.24) is 14.3 Å². The first kappa shape index (κ1) is 19.5. The molecule has 0 aliphatic rings. The van der Waals surface area contributed by atoms with E-state index in [1.54, 1.807) is 4.57 Å². The van der Waals surface area contributed by atoms with Crippen LogP contribution in [0.4, 0.5) is 0 Å². The molecule has 0 saturated heterocycles. The van der Waals surface area contributed by atoms with Crippen molar-refractivity contribution >= 4 is 33.4 Å². The van der Waals surface area contributed by atoms with Gasteiger partial charge in [-0.2, -0.15) is 5.10 Å². The Morgan fingerprint density at radius 1 is 0.697 bits per heavy atom. The second-order valence-electron chi connectivity index (χ2n) is 7.82. The van der Waals surface area contributed by atoms with E-state index in [1.807, 2.05) is 114 Å². The maximum Gasteiger partial charge on any atom is 0.267 e. The molecule has 0 fully saturated rings. The minimum absolute atomic E-state index is 0.109. The summed E-state index contributed by atoms with van der Waals surface area (Å²) in [5, 5.41) is 7.08. The fraction of sp³-hybridized carbons (Fsp3) is 0. The number of fused-ring (bicyclic) bond motifs is 3. The van der Waals surface area contributed by atoms with Crippen LogP contribution in [0.15, 0.2) is 114 Å². The van der Waals surface area contributed by atoms with Crippen LogP contribution >= 0.6 is 11.6 Å². The topological polar surface area (TPSA) is 39.8 Å². The molecule has 6 rings (SSSR count). The van der Waals surface area contributed by atoms with Crippen LogP contribution in [0.1, 0.15) is 0 Å². The molecule has 0 amide bonds. The SMILES string of the molecule is O=c1c2c(-c3ccccc3)nn(-c3cccc(Cl)c3)c2c2ccccc2n1-c1ccccc1. The molecule has 33 heavy (non-hydrogen) atoms. The Morgan fingerprint density at radius 3 is 2.12 bits per heavy atom. The maximum atomic E-state index is 14.1. The average molecular weight is 448 g/mol. The van der Waals surface area contributed by atoms with Crippen LogP contribution in [0.25, 0.3) is 44.4 Å². The molecule has 0 unspecified atom stereocenters. The molecule has 4 nitrogen and oxygen atoms in total. The van der Waals surface area contributed by atoms with E-state index in [4.69, 9.17) is 16.7 Å². The van der Waals surface area contributed by atoms with Crippen molar-refractivity contribution in [3.8, 4) is 22.6 Å². The predicted molar refractivity (Wildman–Crippen MR) is 135 cm³/mol. The molecule has 0 atom stereocenters. The third-order valence-corrected chi connectivity index (χ3v) is 6.05. The number of pyridine rings is 1. The Hall–Kier alpha value is -4.15. The summed E-state index contributed by atoms with van der Waals surface area (Å²) in [4.78, 5) is 14.1. The van der Waals surface area contributed by atoms with Gasteiger partial charge in [-0.15, -0.1) is 0 Å². The van der Waals surface area contributed by atoms with Gasteiger partial charge >= 0.3 is 0 Å². The summed E-state index contributed by atoms with van der Waals surface area (Å²) in [6.45, 7) is 0. The lowest BCUT2D eigenvalue weighted by molar-refractivity contribution is 0.917. The molecule has 6 aromatic rings. The lowest BCUT2D eigenvalue weighted by atomic mass is 10.1. The first-order valence-corrected chi connectivity index (χ1v) is 11.0. The van der Waals surface area contributed by atoms with Crippen LogP contribution in [0, 0.1) is 0 Å². The molecule has 2 aromatic heterocycles. The molecule has 4 aromatic carbocycles. The summed E-state index contributed by atoms with van der Waals surface area (Å²) >= 11 is 6.32. The normalized spacial score (nSPS) is 11.3. The van der Waals surface area contributed by atoms with Gasteiger partial charge in [-0.3, -0.25) is 9.36 Å². The highest BCUT2D eigenvalue weighted by Gasteiger charge is 2.22. The zero-order chi connectivity index (χ0) is 22.4. The third-order valence-electron chi connectivity index (χ3n) is 5.82. The molecule has 0 radical (unpaired) electrons. The molecule has 0 saturated carbocycles. The number of hydrogen-bond donors (Lipinski definition) is 0. The van der Waals surface area contributed by atoms with E-state index in [0.29, 0.717) is 16.1 Å². The highest BCUT2D eigenvalue weighted by atomic mass is 35.5. The van der Waals surface area contributed by atoms with E-state index in [2.05, 4.69) is 0 Å². The highest BCUT2D eigenvalue weighted by Crippen LogP contribution is 2.33. The number of halogens is 1. The lowest BCUT2D eigenvalue weighted by Gasteiger charge is -2.13. The van der Waals surface area contributed by atoms with Crippen molar-refractivity contribution in [2.24, 2.45) is 0 Å². The quantitative estimate of drug-likeness (QED) is 0.304. The standard InChI is InChI=1S/C28H18ClN3O/c29-20-12-9-15-22(18-20)32-27-23-16-7-8-17-24(23)31(21-13-5-2-6-14-21)28(33)25(27)26(30-32)19-10-3-1-4-11-19/h1-18H. The molecule has 2 heterocycles. The van der Waals surface area contributed by atoms with Crippen LogP contribution in [0.5, 0.6) is 0 Å². The smallest absolute Gasteiger partial charge is 0.267 e. The number of nitrogens with zero attached hydrogens (tertiary/aromatic N) is 3. The summed E-state index contributed by atoms with van der Waals surface area (Å²) in [6, 6.07) is 35.0. The van der Waals surface area contributed by atoms with E-state index >= 15 is 0 Å².